The third-order valence-corrected chi connectivity index (χ3v) is 3.34. The van der Waals surface area contributed by atoms with E-state index in [1.165, 1.54) is 6.07 Å². The van der Waals surface area contributed by atoms with Gasteiger partial charge in [-0.1, -0.05) is 22.8 Å². The maximum absolute atomic E-state index is 10.6. The molecule has 0 bridgehead atoms. The van der Waals surface area contributed by atoms with E-state index in [1.807, 2.05) is 0 Å². The highest BCUT2D eigenvalue weighted by atomic mass is 79.9. The lowest BCUT2D eigenvalue weighted by Gasteiger charge is -2.00. The largest absolute Gasteiger partial charge is 0.476 e. The first kappa shape index (κ1) is 11.2. The van der Waals surface area contributed by atoms with Gasteiger partial charge in [0.25, 0.3) is 0 Å². The molecule has 6 heteroatoms. The molecule has 16 heavy (non-hydrogen) atoms. The Hall–Kier alpha value is -1.33. The molecule has 0 aliphatic carbocycles. The van der Waals surface area contributed by atoms with Crippen LogP contribution >= 0.6 is 27.5 Å². The van der Waals surface area contributed by atoms with Gasteiger partial charge in [-0.05, 0) is 28.1 Å². The van der Waals surface area contributed by atoms with E-state index in [2.05, 4.69) is 21.1 Å². The van der Waals surface area contributed by atoms with Crippen molar-refractivity contribution in [2.45, 2.75) is 0 Å². The number of nitrogens with zero attached hydrogens (tertiary/aromatic N) is 1. The van der Waals surface area contributed by atoms with Crippen LogP contribution in [0.1, 0.15) is 10.5 Å². The summed E-state index contributed by atoms with van der Waals surface area (Å²) in [5.74, 6) is -0.778. The van der Waals surface area contributed by atoms with Crippen LogP contribution in [0.3, 0.4) is 0 Å². The lowest BCUT2D eigenvalue weighted by molar-refractivity contribution is 0.0686. The number of carbonyl (C=O) groups is 1. The van der Waals surface area contributed by atoms with Crippen molar-refractivity contribution in [3.8, 4) is 11.3 Å². The molecular weight excluding hydrogens is 297 g/mol. The molecule has 1 aromatic carbocycles. The molecule has 0 amide bonds. The fraction of sp³-hybridized carbons (Fsp3) is 0. The van der Waals surface area contributed by atoms with Gasteiger partial charge in [0.1, 0.15) is 0 Å². The van der Waals surface area contributed by atoms with Crippen LogP contribution in [-0.4, -0.2) is 16.2 Å². The zero-order valence-electron chi connectivity index (χ0n) is 7.78. The Labute approximate surface area is 104 Å². The molecule has 1 N–H and O–H groups in total. The van der Waals surface area contributed by atoms with Gasteiger partial charge in [0, 0.05) is 16.1 Å². The second-order valence-electron chi connectivity index (χ2n) is 2.98. The van der Waals surface area contributed by atoms with Crippen molar-refractivity contribution in [2.75, 3.05) is 0 Å². The monoisotopic (exact) mass is 301 g/mol. The Morgan fingerprint density at radius 3 is 2.88 bits per heavy atom. The van der Waals surface area contributed by atoms with Crippen molar-refractivity contribution in [1.29, 1.82) is 0 Å². The number of hydrogen-bond acceptors (Lipinski definition) is 3. The van der Waals surface area contributed by atoms with Crippen molar-refractivity contribution in [3.05, 3.63) is 39.5 Å². The third kappa shape index (κ3) is 1.96. The van der Waals surface area contributed by atoms with Crippen LogP contribution < -0.4 is 0 Å². The Kier molecular flexibility index (Phi) is 2.98. The van der Waals surface area contributed by atoms with Crippen LogP contribution in [0.25, 0.3) is 11.3 Å². The van der Waals surface area contributed by atoms with Crippen molar-refractivity contribution in [2.24, 2.45) is 0 Å². The smallest absolute Gasteiger partial charge is 0.358 e. The van der Waals surface area contributed by atoms with Crippen LogP contribution in [-0.2, 0) is 0 Å². The number of rotatable bonds is 2. The maximum Gasteiger partial charge on any atom is 0.358 e. The predicted molar refractivity (Wildman–Crippen MR) is 61.6 cm³/mol. The van der Waals surface area contributed by atoms with Gasteiger partial charge in [0.05, 0.1) is 5.02 Å². The van der Waals surface area contributed by atoms with Gasteiger partial charge >= 0.3 is 5.97 Å². The highest BCUT2D eigenvalue weighted by Crippen LogP contribution is 2.33. The van der Waals surface area contributed by atoms with Gasteiger partial charge in [-0.2, -0.15) is 0 Å². The first-order chi connectivity index (χ1) is 7.59. The summed E-state index contributed by atoms with van der Waals surface area (Å²) < 4.78 is 5.57. The second-order valence-corrected chi connectivity index (χ2v) is 4.18. The molecule has 0 saturated carbocycles. The summed E-state index contributed by atoms with van der Waals surface area (Å²) in [6.45, 7) is 0. The first-order valence-electron chi connectivity index (χ1n) is 4.24. The van der Waals surface area contributed by atoms with E-state index in [9.17, 15) is 4.79 Å². The summed E-state index contributed by atoms with van der Waals surface area (Å²) in [4.78, 5) is 10.6. The zero-order valence-corrected chi connectivity index (χ0v) is 10.1. The summed E-state index contributed by atoms with van der Waals surface area (Å²) >= 11 is 9.20. The molecule has 0 aliphatic heterocycles. The fourth-order valence-electron chi connectivity index (χ4n) is 1.20. The predicted octanol–water partition coefficient (Wildman–Crippen LogP) is 3.46. The minimum absolute atomic E-state index is 0.137. The van der Waals surface area contributed by atoms with Crippen molar-refractivity contribution >= 4 is 33.5 Å². The van der Waals surface area contributed by atoms with E-state index in [0.717, 1.165) is 0 Å². The number of hydrogen-bond donors (Lipinski definition) is 1. The average Bonchev–Trinajstić information content (AvgIpc) is 2.71. The summed E-state index contributed by atoms with van der Waals surface area (Å²) in [6, 6.07) is 6.55. The van der Waals surface area contributed by atoms with Gasteiger partial charge in [0.15, 0.2) is 11.5 Å². The summed E-state index contributed by atoms with van der Waals surface area (Å²) in [5.41, 5.74) is 0.523. The van der Waals surface area contributed by atoms with E-state index in [0.29, 0.717) is 20.8 Å². The van der Waals surface area contributed by atoms with Crippen molar-refractivity contribution in [3.63, 3.8) is 0 Å². The molecule has 0 saturated heterocycles. The number of carboxylic acids is 1. The summed E-state index contributed by atoms with van der Waals surface area (Å²) in [7, 11) is 0. The average molecular weight is 303 g/mol. The normalized spacial score (nSPS) is 10.4. The second kappa shape index (κ2) is 4.27. The Balaban J connectivity index is 2.50. The zero-order chi connectivity index (χ0) is 11.7. The van der Waals surface area contributed by atoms with E-state index < -0.39 is 5.97 Å². The molecule has 1 heterocycles. The molecular formula is C10H5BrClNO3. The van der Waals surface area contributed by atoms with Crippen LogP contribution in [0, 0.1) is 0 Å². The Morgan fingerprint density at radius 2 is 2.25 bits per heavy atom. The maximum atomic E-state index is 10.6. The Morgan fingerprint density at radius 1 is 1.50 bits per heavy atom. The van der Waals surface area contributed by atoms with Crippen LogP contribution in [0.5, 0.6) is 0 Å². The molecule has 0 fully saturated rings. The quantitative estimate of drug-likeness (QED) is 0.923. The lowest BCUT2D eigenvalue weighted by Crippen LogP contribution is -1.94. The van der Waals surface area contributed by atoms with Crippen molar-refractivity contribution in [1.82, 2.24) is 5.16 Å². The van der Waals surface area contributed by atoms with Crippen molar-refractivity contribution < 1.29 is 14.4 Å². The van der Waals surface area contributed by atoms with E-state index >= 15 is 0 Å². The lowest BCUT2D eigenvalue weighted by atomic mass is 10.1. The van der Waals surface area contributed by atoms with E-state index in [-0.39, 0.29) is 5.69 Å². The van der Waals surface area contributed by atoms with Gasteiger partial charge in [0.2, 0.25) is 0 Å². The molecule has 0 radical (unpaired) electrons. The van der Waals surface area contributed by atoms with Crippen LogP contribution in [0.2, 0.25) is 5.02 Å². The number of aromatic carboxylic acids is 1. The first-order valence-corrected chi connectivity index (χ1v) is 5.41. The van der Waals surface area contributed by atoms with Crippen LogP contribution in [0.4, 0.5) is 0 Å². The number of carboxylic acid groups (broad SMARTS) is 1. The molecule has 1 aromatic heterocycles. The fourth-order valence-corrected chi connectivity index (χ4v) is 1.83. The van der Waals surface area contributed by atoms with Gasteiger partial charge in [-0.15, -0.1) is 0 Å². The standard InChI is InChI=1S/C10H5BrClNO3/c11-9-5(2-1-3-6(9)12)8-4-7(10(14)15)13-16-8/h1-4H,(H,14,15). The van der Waals surface area contributed by atoms with E-state index in [4.69, 9.17) is 21.2 Å². The highest BCUT2D eigenvalue weighted by molar-refractivity contribution is 9.10. The molecule has 82 valence electrons. The summed E-state index contributed by atoms with van der Waals surface area (Å²) in [6.07, 6.45) is 0. The molecule has 2 aromatic rings. The topological polar surface area (TPSA) is 63.3 Å². The van der Waals surface area contributed by atoms with Gasteiger partial charge in [-0.25, -0.2) is 4.79 Å². The molecule has 0 unspecified atom stereocenters. The molecule has 0 atom stereocenters. The molecule has 0 spiro atoms. The minimum atomic E-state index is -1.13. The molecule has 4 nitrogen and oxygen atoms in total. The van der Waals surface area contributed by atoms with Gasteiger partial charge < -0.3 is 9.63 Å². The van der Waals surface area contributed by atoms with E-state index in [1.54, 1.807) is 18.2 Å². The minimum Gasteiger partial charge on any atom is -0.476 e. The van der Waals surface area contributed by atoms with Gasteiger partial charge in [-0.3, -0.25) is 0 Å². The number of halogens is 2. The number of benzene rings is 1. The molecule has 0 aliphatic rings. The summed E-state index contributed by atoms with van der Waals surface area (Å²) in [5, 5.41) is 12.7. The number of aromatic nitrogens is 1. The third-order valence-electron chi connectivity index (χ3n) is 1.95. The SMILES string of the molecule is O=C(O)c1cc(-c2cccc(Cl)c2Br)on1. The molecule has 2 rings (SSSR count). The Bertz CT molecular complexity index is 553. The van der Waals surface area contributed by atoms with Crippen LogP contribution in [0.15, 0.2) is 33.3 Å². The highest BCUT2D eigenvalue weighted by Gasteiger charge is 2.15.